The van der Waals surface area contributed by atoms with Crippen LogP contribution in [0.25, 0.3) is 22.7 Å². The maximum atomic E-state index is 14.0. The highest BCUT2D eigenvalue weighted by molar-refractivity contribution is 5.71. The van der Waals surface area contributed by atoms with Crippen LogP contribution in [0.4, 0.5) is 8.78 Å². The molecular formula is C17H14F2N6. The molecule has 4 aromatic rings. The number of hydrogen-bond donors (Lipinski definition) is 0. The molecule has 25 heavy (non-hydrogen) atoms. The summed E-state index contributed by atoms with van der Waals surface area (Å²) >= 11 is 0. The lowest BCUT2D eigenvalue weighted by Gasteiger charge is -2.10. The maximum Gasteiger partial charge on any atom is 0.162 e. The van der Waals surface area contributed by atoms with E-state index in [2.05, 4.69) is 19.9 Å². The minimum Gasteiger partial charge on any atom is -0.322 e. The van der Waals surface area contributed by atoms with Crippen molar-refractivity contribution in [3.63, 3.8) is 0 Å². The van der Waals surface area contributed by atoms with Crippen molar-refractivity contribution in [3.05, 3.63) is 60.7 Å². The van der Waals surface area contributed by atoms with Gasteiger partial charge < -0.3 is 9.13 Å². The Morgan fingerprint density at radius 3 is 2.68 bits per heavy atom. The van der Waals surface area contributed by atoms with Crippen molar-refractivity contribution in [3.8, 4) is 11.5 Å². The Morgan fingerprint density at radius 1 is 1.00 bits per heavy atom. The fourth-order valence-corrected chi connectivity index (χ4v) is 2.80. The van der Waals surface area contributed by atoms with Crippen LogP contribution >= 0.6 is 0 Å². The lowest BCUT2D eigenvalue weighted by Crippen LogP contribution is -2.11. The smallest absolute Gasteiger partial charge is 0.162 e. The quantitative estimate of drug-likeness (QED) is 0.560. The Kier molecular flexibility index (Phi) is 3.93. The molecule has 4 heterocycles. The van der Waals surface area contributed by atoms with Gasteiger partial charge >= 0.3 is 0 Å². The van der Waals surface area contributed by atoms with Gasteiger partial charge in [0.05, 0.1) is 13.1 Å². The second-order valence-corrected chi connectivity index (χ2v) is 5.43. The Balaban J connectivity index is 1.77. The zero-order valence-corrected chi connectivity index (χ0v) is 13.2. The molecule has 0 aliphatic heterocycles. The SMILES string of the molecule is FCCn1c(Cn2ccnc2-c2ncccc2F)nc2cccnc21. The molecule has 0 spiro atoms. The van der Waals surface area contributed by atoms with Gasteiger partial charge in [0.15, 0.2) is 17.3 Å². The zero-order chi connectivity index (χ0) is 17.2. The highest BCUT2D eigenvalue weighted by Gasteiger charge is 2.16. The third-order valence-corrected chi connectivity index (χ3v) is 3.89. The van der Waals surface area contributed by atoms with Crippen LogP contribution in [0.1, 0.15) is 5.82 Å². The van der Waals surface area contributed by atoms with E-state index in [4.69, 9.17) is 0 Å². The minimum atomic E-state index is -0.527. The van der Waals surface area contributed by atoms with Gasteiger partial charge in [0, 0.05) is 24.8 Å². The van der Waals surface area contributed by atoms with E-state index in [0.717, 1.165) is 0 Å². The normalized spacial score (nSPS) is 11.3. The Hall–Kier alpha value is -3.16. The van der Waals surface area contributed by atoms with E-state index < -0.39 is 12.5 Å². The molecule has 126 valence electrons. The number of fused-ring (bicyclic) bond motifs is 1. The first kappa shape index (κ1) is 15.4. The number of hydrogen-bond acceptors (Lipinski definition) is 4. The van der Waals surface area contributed by atoms with E-state index in [0.29, 0.717) is 29.4 Å². The molecule has 0 atom stereocenters. The van der Waals surface area contributed by atoms with E-state index in [1.807, 2.05) is 6.07 Å². The fourth-order valence-electron chi connectivity index (χ4n) is 2.80. The molecule has 0 N–H and O–H groups in total. The van der Waals surface area contributed by atoms with Gasteiger partial charge in [0.1, 0.15) is 23.7 Å². The molecule has 0 aliphatic carbocycles. The Morgan fingerprint density at radius 2 is 1.84 bits per heavy atom. The molecule has 0 saturated carbocycles. The van der Waals surface area contributed by atoms with E-state index >= 15 is 0 Å². The Labute approximate surface area is 141 Å². The van der Waals surface area contributed by atoms with Gasteiger partial charge in [-0.05, 0) is 24.3 Å². The molecule has 0 radical (unpaired) electrons. The maximum absolute atomic E-state index is 14.0. The summed E-state index contributed by atoms with van der Waals surface area (Å²) in [4.78, 5) is 17.1. The van der Waals surface area contributed by atoms with Crippen LogP contribution in [0.2, 0.25) is 0 Å². The number of aromatic nitrogens is 6. The van der Waals surface area contributed by atoms with Crippen LogP contribution in [-0.2, 0) is 13.1 Å². The van der Waals surface area contributed by atoms with Gasteiger partial charge in [0.2, 0.25) is 0 Å². The van der Waals surface area contributed by atoms with Gasteiger partial charge in [-0.1, -0.05) is 0 Å². The number of aryl methyl sites for hydroxylation is 1. The molecule has 0 amide bonds. The molecule has 4 aromatic heterocycles. The molecular weight excluding hydrogens is 326 g/mol. The molecule has 0 fully saturated rings. The molecule has 0 aromatic carbocycles. The molecule has 6 nitrogen and oxygen atoms in total. The predicted octanol–water partition coefficient (Wildman–Crippen LogP) is 2.85. The second-order valence-electron chi connectivity index (χ2n) is 5.43. The van der Waals surface area contributed by atoms with Gasteiger partial charge in [0.25, 0.3) is 0 Å². The molecule has 0 bridgehead atoms. The summed E-state index contributed by atoms with van der Waals surface area (Å²) in [6.07, 6.45) is 6.45. The largest absolute Gasteiger partial charge is 0.322 e. The first-order valence-electron chi connectivity index (χ1n) is 7.76. The monoisotopic (exact) mass is 340 g/mol. The van der Waals surface area contributed by atoms with Crippen molar-refractivity contribution in [1.82, 2.24) is 29.1 Å². The summed E-state index contributed by atoms with van der Waals surface area (Å²) in [7, 11) is 0. The van der Waals surface area contributed by atoms with Crippen molar-refractivity contribution in [2.45, 2.75) is 13.1 Å². The molecule has 0 aliphatic rings. The summed E-state index contributed by atoms with van der Waals surface area (Å²) in [5, 5.41) is 0. The van der Waals surface area contributed by atoms with Gasteiger partial charge in [-0.2, -0.15) is 0 Å². The lowest BCUT2D eigenvalue weighted by atomic mass is 10.3. The number of pyridine rings is 2. The summed E-state index contributed by atoms with van der Waals surface area (Å²) in [5.41, 5.74) is 1.48. The summed E-state index contributed by atoms with van der Waals surface area (Å²) in [5.74, 6) is 0.570. The molecule has 0 saturated heterocycles. The van der Waals surface area contributed by atoms with Crippen LogP contribution in [0.5, 0.6) is 0 Å². The van der Waals surface area contributed by atoms with Crippen molar-refractivity contribution in [1.29, 1.82) is 0 Å². The van der Waals surface area contributed by atoms with Gasteiger partial charge in [-0.15, -0.1) is 0 Å². The molecule has 0 unspecified atom stereocenters. The topological polar surface area (TPSA) is 61.4 Å². The van der Waals surface area contributed by atoms with E-state index in [1.165, 1.54) is 18.3 Å². The van der Waals surface area contributed by atoms with Crippen LogP contribution in [0.3, 0.4) is 0 Å². The minimum absolute atomic E-state index is 0.158. The van der Waals surface area contributed by atoms with E-state index in [9.17, 15) is 8.78 Å². The van der Waals surface area contributed by atoms with Crippen LogP contribution in [0.15, 0.2) is 49.1 Å². The van der Waals surface area contributed by atoms with Gasteiger partial charge in [-0.3, -0.25) is 0 Å². The van der Waals surface area contributed by atoms with Crippen molar-refractivity contribution in [2.75, 3.05) is 6.67 Å². The van der Waals surface area contributed by atoms with Crippen molar-refractivity contribution in [2.24, 2.45) is 0 Å². The number of imidazole rings is 2. The summed E-state index contributed by atoms with van der Waals surface area (Å²) < 4.78 is 30.5. The average Bonchev–Trinajstić information content (AvgIpc) is 3.21. The number of alkyl halides is 1. The highest BCUT2D eigenvalue weighted by Crippen LogP contribution is 2.20. The number of nitrogens with zero attached hydrogens (tertiary/aromatic N) is 6. The third kappa shape index (κ3) is 2.75. The van der Waals surface area contributed by atoms with Gasteiger partial charge in [-0.25, -0.2) is 28.7 Å². The molecule has 4 rings (SSSR count). The number of rotatable bonds is 5. The highest BCUT2D eigenvalue weighted by atomic mass is 19.1. The van der Waals surface area contributed by atoms with Crippen LogP contribution in [-0.4, -0.2) is 35.7 Å². The van der Waals surface area contributed by atoms with Crippen molar-refractivity contribution < 1.29 is 8.78 Å². The summed E-state index contributed by atoms with van der Waals surface area (Å²) in [6.45, 7) is -0.0623. The van der Waals surface area contributed by atoms with Crippen LogP contribution in [0, 0.1) is 5.82 Å². The average molecular weight is 340 g/mol. The second kappa shape index (κ2) is 6.39. The standard InChI is InChI=1S/C17H14F2N6/c18-5-9-25-14(23-13-4-2-7-21-16(13)25)11-24-10-8-22-17(24)15-12(19)3-1-6-20-15/h1-4,6-8,10H,5,9,11H2. The fraction of sp³-hybridized carbons (Fsp3) is 0.176. The molecule has 8 heteroatoms. The van der Waals surface area contributed by atoms with Crippen molar-refractivity contribution >= 4 is 11.2 Å². The summed E-state index contributed by atoms with van der Waals surface area (Å²) in [6, 6.07) is 6.47. The lowest BCUT2D eigenvalue weighted by molar-refractivity contribution is 0.441. The van der Waals surface area contributed by atoms with E-state index in [1.54, 1.807) is 33.8 Å². The number of halogens is 2. The first-order chi connectivity index (χ1) is 12.3. The first-order valence-corrected chi connectivity index (χ1v) is 7.76. The third-order valence-electron chi connectivity index (χ3n) is 3.89. The van der Waals surface area contributed by atoms with Crippen LogP contribution < -0.4 is 0 Å². The Bertz CT molecular complexity index is 1020. The predicted molar refractivity (Wildman–Crippen MR) is 88.0 cm³/mol. The zero-order valence-electron chi connectivity index (χ0n) is 13.2. The van der Waals surface area contributed by atoms with E-state index in [-0.39, 0.29) is 12.2 Å².